The molecular weight excluding hydrogens is 380 g/mol. The van der Waals surface area contributed by atoms with Crippen LogP contribution in [-0.2, 0) is 4.79 Å². The van der Waals surface area contributed by atoms with Gasteiger partial charge >= 0.3 is 5.97 Å². The maximum Gasteiger partial charge on any atom is 0.336 e. The first-order chi connectivity index (χ1) is 12.1. The summed E-state index contributed by atoms with van der Waals surface area (Å²) in [5.41, 5.74) is 3.05. The number of hydrogen-bond acceptors (Lipinski definition) is 2. The van der Waals surface area contributed by atoms with Crippen LogP contribution < -0.4 is 0 Å². The van der Waals surface area contributed by atoms with E-state index in [1.54, 1.807) is 12.1 Å². The Bertz CT molecular complexity index is 1140. The van der Waals surface area contributed by atoms with Crippen molar-refractivity contribution in [1.29, 1.82) is 0 Å². The molecule has 122 valence electrons. The number of carboxylic acids is 1. The summed E-state index contributed by atoms with van der Waals surface area (Å²) < 4.78 is 6.72. The van der Waals surface area contributed by atoms with Crippen molar-refractivity contribution in [2.45, 2.75) is 0 Å². The van der Waals surface area contributed by atoms with Crippen LogP contribution in [0.3, 0.4) is 0 Å². The number of hydrogen-bond donors (Lipinski definition) is 1. The molecule has 3 nitrogen and oxygen atoms in total. The lowest BCUT2D eigenvalue weighted by Gasteiger charge is -2.06. The van der Waals surface area contributed by atoms with Crippen molar-refractivity contribution >= 4 is 55.5 Å². The Balaban J connectivity index is 1.98. The second kappa shape index (κ2) is 6.22. The van der Waals surface area contributed by atoms with Gasteiger partial charge < -0.3 is 9.52 Å². The summed E-state index contributed by atoms with van der Waals surface area (Å²) in [7, 11) is 0. The number of fused-ring (bicyclic) bond motifs is 3. The third kappa shape index (κ3) is 2.75. The van der Waals surface area contributed by atoms with Gasteiger partial charge in [-0.1, -0.05) is 70.5 Å². The van der Waals surface area contributed by atoms with Crippen LogP contribution in [0, 0.1) is 0 Å². The Kier molecular flexibility index (Phi) is 3.90. The molecule has 3 aromatic carbocycles. The third-order valence-electron chi connectivity index (χ3n) is 4.13. The van der Waals surface area contributed by atoms with Crippen LogP contribution in [0.5, 0.6) is 0 Å². The van der Waals surface area contributed by atoms with Crippen molar-refractivity contribution in [3.8, 4) is 0 Å². The van der Waals surface area contributed by atoms with Crippen molar-refractivity contribution in [2.75, 3.05) is 0 Å². The van der Waals surface area contributed by atoms with Crippen LogP contribution in [-0.4, -0.2) is 11.1 Å². The van der Waals surface area contributed by atoms with E-state index >= 15 is 0 Å². The van der Waals surface area contributed by atoms with Gasteiger partial charge in [0.05, 0.1) is 5.57 Å². The van der Waals surface area contributed by atoms with Gasteiger partial charge in [-0.15, -0.1) is 0 Å². The van der Waals surface area contributed by atoms with Crippen molar-refractivity contribution in [1.82, 2.24) is 0 Å². The van der Waals surface area contributed by atoms with Crippen LogP contribution >= 0.6 is 15.9 Å². The normalized spacial score (nSPS) is 12.0. The number of halogens is 1. The molecule has 1 aromatic heterocycles. The molecular formula is C21H13BrO3. The molecule has 0 aliphatic carbocycles. The van der Waals surface area contributed by atoms with Gasteiger partial charge in [-0.3, -0.25) is 0 Å². The van der Waals surface area contributed by atoms with E-state index in [0.717, 1.165) is 26.4 Å². The fraction of sp³-hybridized carbons (Fsp3) is 0. The molecule has 0 bridgehead atoms. The summed E-state index contributed by atoms with van der Waals surface area (Å²) in [6.07, 6.45) is 1.66. The number of rotatable bonds is 3. The highest BCUT2D eigenvalue weighted by Crippen LogP contribution is 2.33. The lowest BCUT2D eigenvalue weighted by atomic mass is 10.0. The Labute approximate surface area is 152 Å². The van der Waals surface area contributed by atoms with Crippen molar-refractivity contribution < 1.29 is 14.3 Å². The van der Waals surface area contributed by atoms with Crippen LogP contribution in [0.15, 0.2) is 75.6 Å². The molecule has 0 saturated heterocycles. The zero-order valence-electron chi connectivity index (χ0n) is 13.1. The zero-order chi connectivity index (χ0) is 17.4. The number of aliphatic carboxylic acids is 1. The number of furan rings is 1. The second-order valence-corrected chi connectivity index (χ2v) is 6.52. The maximum atomic E-state index is 11.8. The molecule has 0 saturated carbocycles. The largest absolute Gasteiger partial charge is 0.478 e. The summed E-state index contributed by atoms with van der Waals surface area (Å²) >= 11 is 3.43. The van der Waals surface area contributed by atoms with Gasteiger partial charge in [-0.25, -0.2) is 4.79 Å². The first kappa shape index (κ1) is 15.7. The molecule has 0 aliphatic heterocycles. The maximum absolute atomic E-state index is 11.8. The van der Waals surface area contributed by atoms with Gasteiger partial charge in [-0.2, -0.15) is 0 Å². The third-order valence-corrected chi connectivity index (χ3v) is 4.82. The Morgan fingerprint density at radius 2 is 1.64 bits per heavy atom. The number of para-hydroxylation sites is 2. The van der Waals surface area contributed by atoms with Gasteiger partial charge in [-0.05, 0) is 18.2 Å². The molecule has 0 radical (unpaired) electrons. The van der Waals surface area contributed by atoms with E-state index in [1.165, 1.54) is 0 Å². The van der Waals surface area contributed by atoms with E-state index in [-0.39, 0.29) is 5.57 Å². The predicted octanol–water partition coefficient (Wildman–Crippen LogP) is 5.97. The van der Waals surface area contributed by atoms with Crippen LogP contribution in [0.25, 0.3) is 33.6 Å². The highest BCUT2D eigenvalue weighted by molar-refractivity contribution is 9.10. The van der Waals surface area contributed by atoms with Crippen molar-refractivity contribution in [2.24, 2.45) is 0 Å². The molecule has 0 fully saturated rings. The average Bonchev–Trinajstić information content (AvgIpc) is 3.00. The fourth-order valence-corrected chi connectivity index (χ4v) is 3.47. The topological polar surface area (TPSA) is 50.4 Å². The molecule has 4 rings (SSSR count). The molecule has 0 amide bonds. The molecule has 0 spiro atoms. The zero-order valence-corrected chi connectivity index (χ0v) is 14.7. The lowest BCUT2D eigenvalue weighted by Crippen LogP contribution is -2.00. The van der Waals surface area contributed by atoms with Crippen molar-refractivity contribution in [3.63, 3.8) is 0 Å². The highest BCUT2D eigenvalue weighted by Gasteiger charge is 2.15. The van der Waals surface area contributed by atoms with E-state index < -0.39 is 5.97 Å². The van der Waals surface area contributed by atoms with E-state index in [4.69, 9.17) is 4.42 Å². The number of benzene rings is 3. The summed E-state index contributed by atoms with van der Waals surface area (Å²) in [5.74, 6) is -0.986. The van der Waals surface area contributed by atoms with Crippen LogP contribution in [0.4, 0.5) is 0 Å². The number of carbonyl (C=O) groups is 1. The first-order valence-electron chi connectivity index (χ1n) is 7.75. The molecule has 25 heavy (non-hydrogen) atoms. The van der Waals surface area contributed by atoms with Gasteiger partial charge in [0.25, 0.3) is 0 Å². The average molecular weight is 393 g/mol. The Morgan fingerprint density at radius 3 is 2.44 bits per heavy atom. The summed E-state index contributed by atoms with van der Waals surface area (Å²) in [4.78, 5) is 11.8. The minimum absolute atomic E-state index is 0.209. The quantitative estimate of drug-likeness (QED) is 0.344. The van der Waals surface area contributed by atoms with Crippen LogP contribution in [0.1, 0.15) is 11.1 Å². The Morgan fingerprint density at radius 1 is 0.920 bits per heavy atom. The van der Waals surface area contributed by atoms with Crippen LogP contribution in [0.2, 0.25) is 0 Å². The van der Waals surface area contributed by atoms with Gasteiger partial charge in [0, 0.05) is 26.4 Å². The van der Waals surface area contributed by atoms with Gasteiger partial charge in [0.1, 0.15) is 11.2 Å². The fourth-order valence-electron chi connectivity index (χ4n) is 2.97. The second-order valence-electron chi connectivity index (χ2n) is 5.67. The van der Waals surface area contributed by atoms with Crippen molar-refractivity contribution in [3.05, 3.63) is 82.3 Å². The van der Waals surface area contributed by atoms with E-state index in [0.29, 0.717) is 11.1 Å². The molecule has 0 atom stereocenters. The lowest BCUT2D eigenvalue weighted by molar-refractivity contribution is -0.130. The summed E-state index contributed by atoms with van der Waals surface area (Å²) in [6, 6.07) is 20.8. The smallest absolute Gasteiger partial charge is 0.336 e. The monoisotopic (exact) mass is 392 g/mol. The number of carboxylic acid groups (broad SMARTS) is 1. The van der Waals surface area contributed by atoms with Gasteiger partial charge in [0.15, 0.2) is 0 Å². The minimum Gasteiger partial charge on any atom is -0.478 e. The van der Waals surface area contributed by atoms with E-state index in [9.17, 15) is 9.90 Å². The first-order valence-corrected chi connectivity index (χ1v) is 8.54. The van der Waals surface area contributed by atoms with E-state index in [1.807, 2.05) is 60.7 Å². The molecule has 0 aliphatic rings. The standard InChI is InChI=1S/C21H13BrO3/c22-18-10-3-1-7-14(18)17(21(23)24)12-13-6-5-9-16-15-8-2-4-11-19(15)25-20(13)16/h1-12H,(H,23,24)/b17-12-. The molecule has 1 heterocycles. The highest BCUT2D eigenvalue weighted by atomic mass is 79.9. The summed E-state index contributed by atoms with van der Waals surface area (Å²) in [5, 5.41) is 11.7. The molecule has 1 N–H and O–H groups in total. The SMILES string of the molecule is O=C(O)/C(=C\c1cccc2c1oc1ccccc12)c1ccccc1Br. The predicted molar refractivity (Wildman–Crippen MR) is 103 cm³/mol. The minimum atomic E-state index is -0.986. The molecule has 4 heteroatoms. The molecule has 0 unspecified atom stereocenters. The summed E-state index contributed by atoms with van der Waals surface area (Å²) in [6.45, 7) is 0. The molecule has 4 aromatic rings. The van der Waals surface area contributed by atoms with E-state index in [2.05, 4.69) is 15.9 Å². The van der Waals surface area contributed by atoms with Gasteiger partial charge in [0.2, 0.25) is 0 Å². The Hall–Kier alpha value is -2.85.